The molecule has 0 radical (unpaired) electrons. The van der Waals surface area contributed by atoms with Gasteiger partial charge in [-0.25, -0.2) is 4.98 Å². The Morgan fingerprint density at radius 3 is 2.67 bits per heavy atom. The molecular weight excluding hydrogens is 380 g/mol. The Morgan fingerprint density at radius 2 is 1.96 bits per heavy atom. The Morgan fingerprint density at radius 1 is 1.22 bits per heavy atom. The topological polar surface area (TPSA) is 51.2 Å². The Labute approximate surface area is 168 Å². The molecule has 0 unspecified atom stereocenters. The first kappa shape index (κ1) is 19.4. The molecule has 1 amide bonds. The Hall–Kier alpha value is -2.37. The van der Waals surface area contributed by atoms with Gasteiger partial charge in [-0.1, -0.05) is 35.9 Å². The van der Waals surface area contributed by atoms with Crippen molar-refractivity contribution in [2.45, 2.75) is 33.4 Å². The smallest absolute Gasteiger partial charge is 0.263 e. The molecule has 1 N–H and O–H groups in total. The fourth-order valence-corrected chi connectivity index (χ4v) is 3.68. The fourth-order valence-electron chi connectivity index (χ4n) is 2.67. The van der Waals surface area contributed by atoms with Crippen molar-refractivity contribution in [3.63, 3.8) is 0 Å². The van der Waals surface area contributed by atoms with E-state index in [9.17, 15) is 4.79 Å². The van der Waals surface area contributed by atoms with Crippen LogP contribution < -0.4 is 10.1 Å². The summed E-state index contributed by atoms with van der Waals surface area (Å²) in [6, 6.07) is 15.2. The summed E-state index contributed by atoms with van der Waals surface area (Å²) in [6.45, 7) is 6.15. The second-order valence-electron chi connectivity index (χ2n) is 6.37. The highest BCUT2D eigenvalue weighted by atomic mass is 35.5. The van der Waals surface area contributed by atoms with Crippen LogP contribution in [0.2, 0.25) is 5.02 Å². The lowest BCUT2D eigenvalue weighted by atomic mass is 10.1. The average molecular weight is 401 g/mol. The minimum Gasteiger partial charge on any atom is -0.486 e. The third kappa shape index (κ3) is 5.08. The lowest BCUT2D eigenvalue weighted by molar-refractivity contribution is 0.0943. The number of aromatic nitrogens is 1. The molecule has 3 aromatic rings. The molecular formula is C21H21ClN2O2S. The van der Waals surface area contributed by atoms with E-state index in [0.717, 1.165) is 21.9 Å². The Bertz CT molecular complexity index is 938. The summed E-state index contributed by atoms with van der Waals surface area (Å²) in [7, 11) is 0. The molecule has 0 fully saturated rings. The minimum atomic E-state index is -0.130. The number of hydrogen-bond donors (Lipinski definition) is 1. The zero-order chi connectivity index (χ0) is 19.4. The maximum absolute atomic E-state index is 12.6. The van der Waals surface area contributed by atoms with E-state index in [1.165, 1.54) is 11.3 Å². The van der Waals surface area contributed by atoms with E-state index < -0.39 is 0 Å². The molecule has 0 aliphatic heterocycles. The number of nitrogens with zero attached hydrogens (tertiary/aromatic N) is 1. The monoisotopic (exact) mass is 400 g/mol. The van der Waals surface area contributed by atoms with Crippen LogP contribution in [-0.2, 0) is 6.61 Å². The summed E-state index contributed by atoms with van der Waals surface area (Å²) >= 11 is 7.28. The molecule has 0 saturated carbocycles. The molecule has 1 heterocycles. The van der Waals surface area contributed by atoms with E-state index in [1.54, 1.807) is 0 Å². The van der Waals surface area contributed by atoms with E-state index >= 15 is 0 Å². The number of hydrogen-bond acceptors (Lipinski definition) is 4. The van der Waals surface area contributed by atoms with Crippen molar-refractivity contribution in [1.82, 2.24) is 10.3 Å². The van der Waals surface area contributed by atoms with Gasteiger partial charge in [-0.05, 0) is 56.2 Å². The zero-order valence-corrected chi connectivity index (χ0v) is 17.0. The molecule has 0 aliphatic rings. The van der Waals surface area contributed by atoms with Gasteiger partial charge < -0.3 is 10.1 Å². The maximum Gasteiger partial charge on any atom is 0.263 e. The Balaban J connectivity index is 1.64. The number of halogens is 1. The fraction of sp³-hybridized carbons (Fsp3) is 0.238. The van der Waals surface area contributed by atoms with Crippen LogP contribution in [0.3, 0.4) is 0 Å². The molecule has 0 spiro atoms. The van der Waals surface area contributed by atoms with Crippen molar-refractivity contribution in [3.8, 4) is 5.75 Å². The van der Waals surface area contributed by atoms with Crippen molar-refractivity contribution >= 4 is 28.8 Å². The highest BCUT2D eigenvalue weighted by Gasteiger charge is 2.18. The van der Waals surface area contributed by atoms with Gasteiger partial charge in [-0.15, -0.1) is 11.3 Å². The van der Waals surface area contributed by atoms with Gasteiger partial charge in [0.2, 0.25) is 0 Å². The third-order valence-corrected chi connectivity index (χ3v) is 5.50. The van der Waals surface area contributed by atoms with Gasteiger partial charge in [-0.3, -0.25) is 4.79 Å². The van der Waals surface area contributed by atoms with Crippen molar-refractivity contribution in [2.75, 3.05) is 0 Å². The summed E-state index contributed by atoms with van der Waals surface area (Å²) in [5.41, 5.74) is 2.85. The molecule has 2 aromatic carbocycles. The molecule has 0 aliphatic carbocycles. The Kier molecular flexibility index (Phi) is 6.14. The molecule has 27 heavy (non-hydrogen) atoms. The van der Waals surface area contributed by atoms with Gasteiger partial charge in [0.1, 0.15) is 22.2 Å². The lowest BCUT2D eigenvalue weighted by Gasteiger charge is -2.13. The number of ether oxygens (including phenoxy) is 1. The van der Waals surface area contributed by atoms with E-state index in [0.29, 0.717) is 22.2 Å². The quantitative estimate of drug-likeness (QED) is 0.595. The van der Waals surface area contributed by atoms with Crippen molar-refractivity contribution in [1.29, 1.82) is 0 Å². The minimum absolute atomic E-state index is 0.122. The molecule has 1 aromatic heterocycles. The summed E-state index contributed by atoms with van der Waals surface area (Å²) in [5.74, 6) is 0.666. The third-order valence-electron chi connectivity index (χ3n) is 4.12. The van der Waals surface area contributed by atoms with E-state index in [2.05, 4.69) is 10.3 Å². The zero-order valence-electron chi connectivity index (χ0n) is 15.5. The maximum atomic E-state index is 12.6. The first-order valence-electron chi connectivity index (χ1n) is 8.64. The number of amides is 1. The van der Waals surface area contributed by atoms with Gasteiger partial charge in [0.25, 0.3) is 5.91 Å². The molecule has 140 valence electrons. The van der Waals surface area contributed by atoms with Crippen LogP contribution in [-0.4, -0.2) is 10.9 Å². The first-order chi connectivity index (χ1) is 12.9. The van der Waals surface area contributed by atoms with Crippen LogP contribution in [0, 0.1) is 13.8 Å². The van der Waals surface area contributed by atoms with Crippen LogP contribution in [0.1, 0.15) is 44.5 Å². The number of carbonyl (C=O) groups excluding carboxylic acids is 1. The number of thiazole rings is 1. The molecule has 4 nitrogen and oxygen atoms in total. The first-order valence-corrected chi connectivity index (χ1v) is 9.84. The van der Waals surface area contributed by atoms with Gasteiger partial charge in [0, 0.05) is 5.02 Å². The van der Waals surface area contributed by atoms with Gasteiger partial charge >= 0.3 is 0 Å². The molecule has 0 bridgehead atoms. The predicted molar refractivity (Wildman–Crippen MR) is 110 cm³/mol. The summed E-state index contributed by atoms with van der Waals surface area (Å²) in [6.07, 6.45) is 0. The molecule has 6 heteroatoms. The van der Waals surface area contributed by atoms with Crippen LogP contribution in [0.5, 0.6) is 5.75 Å². The van der Waals surface area contributed by atoms with Gasteiger partial charge in [0.15, 0.2) is 0 Å². The van der Waals surface area contributed by atoms with E-state index in [-0.39, 0.29) is 11.9 Å². The van der Waals surface area contributed by atoms with E-state index in [4.69, 9.17) is 16.3 Å². The van der Waals surface area contributed by atoms with Crippen molar-refractivity contribution in [2.24, 2.45) is 0 Å². The van der Waals surface area contributed by atoms with Crippen LogP contribution in [0.4, 0.5) is 0 Å². The standard InChI is InChI=1S/C21H21ClN2O2S/c1-13-5-4-6-18(11-13)26-12-19-23-15(3)20(27-19)21(25)24-14(2)16-7-9-17(22)10-8-16/h4-11,14H,12H2,1-3H3,(H,24,25)/t14-/m0/s1. The van der Waals surface area contributed by atoms with Crippen molar-refractivity contribution < 1.29 is 9.53 Å². The largest absolute Gasteiger partial charge is 0.486 e. The van der Waals surface area contributed by atoms with Crippen LogP contribution in [0.15, 0.2) is 48.5 Å². The van der Waals surface area contributed by atoms with Gasteiger partial charge in [-0.2, -0.15) is 0 Å². The molecule has 3 rings (SSSR count). The van der Waals surface area contributed by atoms with Crippen LogP contribution >= 0.6 is 22.9 Å². The normalized spacial score (nSPS) is 11.9. The highest BCUT2D eigenvalue weighted by molar-refractivity contribution is 7.13. The predicted octanol–water partition coefficient (Wildman–Crippen LogP) is 5.48. The second-order valence-corrected chi connectivity index (χ2v) is 7.89. The number of rotatable bonds is 6. The summed E-state index contributed by atoms with van der Waals surface area (Å²) in [5, 5.41) is 4.47. The summed E-state index contributed by atoms with van der Waals surface area (Å²) in [4.78, 5) is 17.7. The number of benzene rings is 2. The number of nitrogens with one attached hydrogen (secondary N) is 1. The van der Waals surface area contributed by atoms with Crippen LogP contribution in [0.25, 0.3) is 0 Å². The average Bonchev–Trinajstić information content (AvgIpc) is 3.01. The van der Waals surface area contributed by atoms with Crippen molar-refractivity contribution in [3.05, 3.63) is 80.3 Å². The highest BCUT2D eigenvalue weighted by Crippen LogP contribution is 2.22. The van der Waals surface area contributed by atoms with Gasteiger partial charge in [0.05, 0.1) is 11.7 Å². The lowest BCUT2D eigenvalue weighted by Crippen LogP contribution is -2.26. The SMILES string of the molecule is Cc1cccc(OCc2nc(C)c(C(=O)N[C@@H](C)c3ccc(Cl)cc3)s2)c1. The summed E-state index contributed by atoms with van der Waals surface area (Å²) < 4.78 is 5.79. The number of aryl methyl sites for hydroxylation is 2. The molecule has 1 atom stereocenters. The number of carbonyl (C=O) groups is 1. The van der Waals surface area contributed by atoms with E-state index in [1.807, 2.05) is 69.3 Å². The second kappa shape index (κ2) is 8.55. The molecule has 0 saturated heterocycles.